The predicted octanol–water partition coefficient (Wildman–Crippen LogP) is 5.86. The van der Waals surface area contributed by atoms with Crippen molar-refractivity contribution in [2.24, 2.45) is 0 Å². The maximum absolute atomic E-state index is 13.2. The van der Waals surface area contributed by atoms with Crippen molar-refractivity contribution in [2.75, 3.05) is 6.61 Å². The van der Waals surface area contributed by atoms with Gasteiger partial charge in [-0.1, -0.05) is 59.0 Å². The van der Waals surface area contributed by atoms with E-state index >= 15 is 0 Å². The lowest BCUT2D eigenvalue weighted by Crippen LogP contribution is -2.51. The van der Waals surface area contributed by atoms with E-state index < -0.39 is 6.04 Å². The SMILES string of the molecule is CC[C@H](C(=O)N[C@@H](C)CC)N(Cc1ccc(Cl)cc1Cl)C(=O)COc1ccc(Br)cc1. The normalized spacial score (nSPS) is 12.7. The third-order valence-corrected chi connectivity index (χ3v) is 6.03. The number of hydrogen-bond acceptors (Lipinski definition) is 3. The molecule has 0 aliphatic rings. The molecule has 0 radical (unpaired) electrons. The first-order chi connectivity index (χ1) is 14.7. The zero-order valence-electron chi connectivity index (χ0n) is 17.8. The molecular weight excluding hydrogens is 503 g/mol. The van der Waals surface area contributed by atoms with Gasteiger partial charge in [0.05, 0.1) is 0 Å². The number of nitrogens with one attached hydrogen (secondary N) is 1. The molecule has 168 valence electrons. The number of rotatable bonds is 10. The van der Waals surface area contributed by atoms with Crippen LogP contribution in [0.4, 0.5) is 0 Å². The zero-order valence-corrected chi connectivity index (χ0v) is 20.9. The molecule has 31 heavy (non-hydrogen) atoms. The van der Waals surface area contributed by atoms with Gasteiger partial charge in [-0.15, -0.1) is 0 Å². The molecule has 0 aliphatic heterocycles. The lowest BCUT2D eigenvalue weighted by molar-refractivity contribution is -0.143. The van der Waals surface area contributed by atoms with E-state index in [9.17, 15) is 9.59 Å². The second-order valence-corrected chi connectivity index (χ2v) is 9.00. The average Bonchev–Trinajstić information content (AvgIpc) is 2.74. The molecule has 0 heterocycles. The quantitative estimate of drug-likeness (QED) is 0.419. The van der Waals surface area contributed by atoms with Crippen LogP contribution in [0.25, 0.3) is 0 Å². The third kappa shape index (κ3) is 7.70. The van der Waals surface area contributed by atoms with E-state index in [1.54, 1.807) is 30.3 Å². The Kier molecular flexibility index (Phi) is 10.1. The van der Waals surface area contributed by atoms with Crippen molar-refractivity contribution in [3.8, 4) is 5.75 Å². The van der Waals surface area contributed by atoms with Crippen molar-refractivity contribution in [2.45, 2.75) is 52.2 Å². The standard InChI is InChI=1S/C23H27BrCl2N2O3/c1-4-15(3)27-23(30)21(5-2)28(13-16-6-9-18(25)12-20(16)26)22(29)14-31-19-10-7-17(24)8-11-19/h6-12,15,21H,4-5,13-14H2,1-3H3,(H,27,30)/t15-,21+/m0/s1. The second kappa shape index (κ2) is 12.3. The predicted molar refractivity (Wildman–Crippen MR) is 129 cm³/mol. The van der Waals surface area contributed by atoms with E-state index in [1.807, 2.05) is 32.9 Å². The van der Waals surface area contributed by atoms with Crippen LogP contribution in [-0.2, 0) is 16.1 Å². The van der Waals surface area contributed by atoms with Crippen LogP contribution in [0.5, 0.6) is 5.75 Å². The van der Waals surface area contributed by atoms with Gasteiger partial charge in [0.25, 0.3) is 5.91 Å². The largest absolute Gasteiger partial charge is 0.484 e. The van der Waals surface area contributed by atoms with E-state index in [0.717, 1.165) is 10.9 Å². The fourth-order valence-electron chi connectivity index (χ4n) is 2.95. The number of carbonyl (C=O) groups is 2. The highest BCUT2D eigenvalue weighted by atomic mass is 79.9. The second-order valence-electron chi connectivity index (χ2n) is 7.24. The van der Waals surface area contributed by atoms with Gasteiger partial charge in [-0.2, -0.15) is 0 Å². The fraction of sp³-hybridized carbons (Fsp3) is 0.391. The Balaban J connectivity index is 2.24. The Labute approximate surface area is 202 Å². The van der Waals surface area contributed by atoms with Gasteiger partial charge in [-0.25, -0.2) is 0 Å². The number of amides is 2. The molecule has 8 heteroatoms. The van der Waals surface area contributed by atoms with Crippen LogP contribution in [0.1, 0.15) is 39.2 Å². The van der Waals surface area contributed by atoms with Gasteiger partial charge in [0.2, 0.25) is 5.91 Å². The average molecular weight is 530 g/mol. The van der Waals surface area contributed by atoms with E-state index in [0.29, 0.717) is 27.8 Å². The lowest BCUT2D eigenvalue weighted by atomic mass is 10.1. The molecule has 2 aromatic rings. The molecule has 5 nitrogen and oxygen atoms in total. The van der Waals surface area contributed by atoms with Crippen LogP contribution in [0.15, 0.2) is 46.9 Å². The first-order valence-corrected chi connectivity index (χ1v) is 11.7. The van der Waals surface area contributed by atoms with Crippen LogP contribution in [0, 0.1) is 0 Å². The lowest BCUT2D eigenvalue weighted by Gasteiger charge is -2.31. The summed E-state index contributed by atoms with van der Waals surface area (Å²) in [6.07, 6.45) is 1.25. The smallest absolute Gasteiger partial charge is 0.261 e. The first kappa shape index (κ1) is 25.5. The van der Waals surface area contributed by atoms with Crippen LogP contribution in [0.2, 0.25) is 10.0 Å². The van der Waals surface area contributed by atoms with Crippen molar-refractivity contribution in [1.29, 1.82) is 0 Å². The molecule has 2 atom stereocenters. The number of carbonyl (C=O) groups excluding carboxylic acids is 2. The molecule has 0 bridgehead atoms. The van der Waals surface area contributed by atoms with Crippen molar-refractivity contribution in [1.82, 2.24) is 10.2 Å². The topological polar surface area (TPSA) is 58.6 Å². The molecular formula is C23H27BrCl2N2O3. The molecule has 2 amide bonds. The van der Waals surface area contributed by atoms with Gasteiger partial charge in [0, 0.05) is 27.1 Å². The Morgan fingerprint density at radius 2 is 1.77 bits per heavy atom. The van der Waals surface area contributed by atoms with Crippen molar-refractivity contribution >= 4 is 50.9 Å². The summed E-state index contributed by atoms with van der Waals surface area (Å²) < 4.78 is 6.58. The summed E-state index contributed by atoms with van der Waals surface area (Å²) in [5.41, 5.74) is 0.706. The van der Waals surface area contributed by atoms with Gasteiger partial charge in [-0.05, 0) is 61.7 Å². The summed E-state index contributed by atoms with van der Waals surface area (Å²) in [7, 11) is 0. The first-order valence-electron chi connectivity index (χ1n) is 10.2. The molecule has 1 N–H and O–H groups in total. The molecule has 2 rings (SSSR count). The van der Waals surface area contributed by atoms with E-state index in [1.165, 1.54) is 4.90 Å². The highest BCUT2D eigenvalue weighted by Crippen LogP contribution is 2.24. The Morgan fingerprint density at radius 3 is 2.35 bits per heavy atom. The summed E-state index contributed by atoms with van der Waals surface area (Å²) in [4.78, 5) is 27.6. The molecule has 2 aromatic carbocycles. The number of ether oxygens (including phenoxy) is 1. The Bertz CT molecular complexity index is 893. The molecule has 0 saturated heterocycles. The Morgan fingerprint density at radius 1 is 1.10 bits per heavy atom. The van der Waals surface area contributed by atoms with Crippen molar-refractivity contribution in [3.63, 3.8) is 0 Å². The minimum absolute atomic E-state index is 0.0108. The monoisotopic (exact) mass is 528 g/mol. The van der Waals surface area contributed by atoms with Crippen molar-refractivity contribution in [3.05, 3.63) is 62.5 Å². The zero-order chi connectivity index (χ0) is 23.0. The molecule has 0 unspecified atom stereocenters. The minimum atomic E-state index is -0.651. The highest BCUT2D eigenvalue weighted by Gasteiger charge is 2.30. The number of hydrogen-bond donors (Lipinski definition) is 1. The summed E-state index contributed by atoms with van der Waals surface area (Å²) in [6.45, 7) is 5.78. The number of halogens is 3. The van der Waals surface area contributed by atoms with E-state index in [4.69, 9.17) is 27.9 Å². The van der Waals surface area contributed by atoms with Crippen LogP contribution in [-0.4, -0.2) is 35.4 Å². The van der Waals surface area contributed by atoms with Gasteiger partial charge in [0.1, 0.15) is 11.8 Å². The summed E-state index contributed by atoms with van der Waals surface area (Å²) in [5.74, 6) is 0.0668. The number of nitrogens with zero attached hydrogens (tertiary/aromatic N) is 1. The minimum Gasteiger partial charge on any atom is -0.484 e. The summed E-state index contributed by atoms with van der Waals surface area (Å²) in [5, 5.41) is 3.92. The molecule has 0 aromatic heterocycles. The van der Waals surface area contributed by atoms with E-state index in [2.05, 4.69) is 21.2 Å². The fourth-order valence-corrected chi connectivity index (χ4v) is 3.69. The highest BCUT2D eigenvalue weighted by molar-refractivity contribution is 9.10. The summed E-state index contributed by atoms with van der Waals surface area (Å²) in [6, 6.07) is 11.7. The maximum atomic E-state index is 13.2. The molecule has 0 saturated carbocycles. The molecule has 0 spiro atoms. The Hall–Kier alpha value is -1.76. The van der Waals surface area contributed by atoms with Gasteiger partial charge in [-0.3, -0.25) is 9.59 Å². The number of benzene rings is 2. The summed E-state index contributed by atoms with van der Waals surface area (Å²) >= 11 is 15.7. The third-order valence-electron chi connectivity index (χ3n) is 4.92. The van der Waals surface area contributed by atoms with Crippen LogP contribution < -0.4 is 10.1 Å². The van der Waals surface area contributed by atoms with Gasteiger partial charge < -0.3 is 15.0 Å². The van der Waals surface area contributed by atoms with Crippen LogP contribution >= 0.6 is 39.1 Å². The van der Waals surface area contributed by atoms with Gasteiger partial charge >= 0.3 is 0 Å². The van der Waals surface area contributed by atoms with Crippen molar-refractivity contribution < 1.29 is 14.3 Å². The molecule has 0 fully saturated rings. The van der Waals surface area contributed by atoms with Gasteiger partial charge in [0.15, 0.2) is 6.61 Å². The maximum Gasteiger partial charge on any atom is 0.261 e. The van der Waals surface area contributed by atoms with E-state index in [-0.39, 0.29) is 31.0 Å². The molecule has 0 aliphatic carbocycles. The van der Waals surface area contributed by atoms with Crippen LogP contribution in [0.3, 0.4) is 0 Å².